The van der Waals surface area contributed by atoms with Gasteiger partial charge in [0.25, 0.3) is 0 Å². The van der Waals surface area contributed by atoms with Gasteiger partial charge < -0.3 is 10.3 Å². The molecule has 1 aromatic rings. The van der Waals surface area contributed by atoms with Crippen LogP contribution in [0.15, 0.2) is 4.52 Å². The summed E-state index contributed by atoms with van der Waals surface area (Å²) >= 11 is 0. The Morgan fingerprint density at radius 1 is 1.40 bits per heavy atom. The second-order valence-corrected chi connectivity index (χ2v) is 5.30. The summed E-state index contributed by atoms with van der Waals surface area (Å²) in [6.45, 7) is 11.0. The molecule has 1 atom stereocenters. The maximum Gasteiger partial charge on any atom is 0.225 e. The van der Waals surface area contributed by atoms with Crippen LogP contribution >= 0.6 is 0 Å². The lowest BCUT2D eigenvalue weighted by Crippen LogP contribution is -2.20. The topological polar surface area (TPSA) is 52.0 Å². The molecule has 3 heteroatoms. The number of nitrogens with zero attached hydrogens (tertiary/aromatic N) is 1. The van der Waals surface area contributed by atoms with Crippen LogP contribution < -0.4 is 5.73 Å². The third kappa shape index (κ3) is 2.74. The van der Waals surface area contributed by atoms with Gasteiger partial charge in [0.1, 0.15) is 0 Å². The van der Waals surface area contributed by atoms with Crippen LogP contribution in [0.1, 0.15) is 45.9 Å². The van der Waals surface area contributed by atoms with E-state index in [4.69, 9.17) is 10.3 Å². The van der Waals surface area contributed by atoms with Gasteiger partial charge >= 0.3 is 0 Å². The zero-order valence-electron chi connectivity index (χ0n) is 10.4. The van der Waals surface area contributed by atoms with Gasteiger partial charge in [-0.15, -0.1) is 0 Å². The van der Waals surface area contributed by atoms with Crippen LogP contribution in [0.25, 0.3) is 0 Å². The van der Waals surface area contributed by atoms with Crippen molar-refractivity contribution in [3.05, 3.63) is 11.3 Å². The molecule has 2 N–H and O–H groups in total. The van der Waals surface area contributed by atoms with Crippen molar-refractivity contribution < 1.29 is 4.52 Å². The summed E-state index contributed by atoms with van der Waals surface area (Å²) in [5.74, 6) is 1.04. The number of rotatable bonds is 3. The average Bonchev–Trinajstić information content (AvgIpc) is 2.45. The van der Waals surface area contributed by atoms with Crippen LogP contribution in [-0.4, -0.2) is 5.16 Å². The average molecular weight is 210 g/mol. The Morgan fingerprint density at radius 3 is 2.47 bits per heavy atom. The number of aromatic nitrogens is 1. The van der Waals surface area contributed by atoms with Crippen LogP contribution in [0.4, 0.5) is 5.88 Å². The van der Waals surface area contributed by atoms with Gasteiger partial charge in [-0.3, -0.25) is 0 Å². The molecule has 1 rings (SSSR count). The molecule has 0 bridgehead atoms. The van der Waals surface area contributed by atoms with Crippen LogP contribution in [0.2, 0.25) is 0 Å². The first-order valence-electron chi connectivity index (χ1n) is 5.59. The van der Waals surface area contributed by atoms with Crippen molar-refractivity contribution in [2.24, 2.45) is 11.3 Å². The summed E-state index contributed by atoms with van der Waals surface area (Å²) < 4.78 is 5.03. The minimum atomic E-state index is 0.290. The first-order valence-corrected chi connectivity index (χ1v) is 5.59. The second kappa shape index (κ2) is 4.25. The smallest absolute Gasteiger partial charge is 0.225 e. The molecule has 1 heterocycles. The van der Waals surface area contributed by atoms with Crippen LogP contribution in [-0.2, 0) is 12.8 Å². The Labute approximate surface area is 92.0 Å². The molecule has 0 fully saturated rings. The number of hydrogen-bond acceptors (Lipinski definition) is 3. The lowest BCUT2D eigenvalue weighted by atomic mass is 9.79. The molecule has 0 saturated carbocycles. The van der Waals surface area contributed by atoms with Crippen molar-refractivity contribution in [2.75, 3.05) is 5.73 Å². The van der Waals surface area contributed by atoms with E-state index in [2.05, 4.69) is 39.8 Å². The summed E-state index contributed by atoms with van der Waals surface area (Å²) in [5.41, 5.74) is 8.10. The van der Waals surface area contributed by atoms with Crippen molar-refractivity contribution in [1.82, 2.24) is 5.16 Å². The maximum absolute atomic E-state index is 5.71. The Morgan fingerprint density at radius 2 is 2.00 bits per heavy atom. The van der Waals surface area contributed by atoms with Crippen LogP contribution in [0, 0.1) is 11.3 Å². The zero-order chi connectivity index (χ0) is 11.6. The van der Waals surface area contributed by atoms with E-state index in [1.54, 1.807) is 0 Å². The first kappa shape index (κ1) is 12.1. The monoisotopic (exact) mass is 210 g/mol. The van der Waals surface area contributed by atoms with Crippen LogP contribution in [0.3, 0.4) is 0 Å². The lowest BCUT2D eigenvalue weighted by Gasteiger charge is -2.26. The van der Waals surface area contributed by atoms with E-state index in [0.29, 0.717) is 17.2 Å². The van der Waals surface area contributed by atoms with Crippen molar-refractivity contribution in [2.45, 2.75) is 47.5 Å². The van der Waals surface area contributed by atoms with E-state index in [1.807, 2.05) is 0 Å². The maximum atomic E-state index is 5.71. The van der Waals surface area contributed by atoms with E-state index in [1.165, 1.54) is 0 Å². The molecular weight excluding hydrogens is 188 g/mol. The van der Waals surface area contributed by atoms with Crippen LogP contribution in [0.5, 0.6) is 0 Å². The Bertz CT molecular complexity index is 323. The predicted octanol–water partition coefficient (Wildman–Crippen LogP) is 3.04. The summed E-state index contributed by atoms with van der Waals surface area (Å²) in [4.78, 5) is 0. The highest BCUT2D eigenvalue weighted by molar-refractivity contribution is 5.39. The molecule has 0 aromatic carbocycles. The number of hydrogen-bond donors (Lipinski definition) is 1. The highest BCUT2D eigenvalue weighted by Crippen LogP contribution is 2.30. The largest absolute Gasteiger partial charge is 0.367 e. The fourth-order valence-electron chi connectivity index (χ4n) is 1.49. The number of nitrogens with two attached hydrogens (primary N) is 1. The van der Waals surface area contributed by atoms with Gasteiger partial charge in [-0.1, -0.05) is 39.8 Å². The summed E-state index contributed by atoms with van der Waals surface area (Å²) in [6.07, 6.45) is 1.83. The van der Waals surface area contributed by atoms with E-state index < -0.39 is 0 Å². The molecule has 0 spiro atoms. The third-order valence-electron chi connectivity index (χ3n) is 3.23. The quantitative estimate of drug-likeness (QED) is 0.834. The van der Waals surface area contributed by atoms with Gasteiger partial charge in [-0.05, 0) is 24.2 Å². The predicted molar refractivity (Wildman–Crippen MR) is 62.6 cm³/mol. The SMILES string of the molecule is CCc1c(CC(C)C(C)(C)C)noc1N. The van der Waals surface area contributed by atoms with Gasteiger partial charge in [0.05, 0.1) is 5.69 Å². The minimum Gasteiger partial charge on any atom is -0.367 e. The molecule has 15 heavy (non-hydrogen) atoms. The summed E-state index contributed by atoms with van der Waals surface area (Å²) in [6, 6.07) is 0. The second-order valence-electron chi connectivity index (χ2n) is 5.30. The highest BCUT2D eigenvalue weighted by Gasteiger charge is 2.23. The standard InChI is InChI=1S/C12H22N2O/c1-6-9-10(14-15-11(9)13)7-8(2)12(3,4)5/h8H,6-7,13H2,1-5H3. The molecule has 86 valence electrons. The Balaban J connectivity index is 2.81. The minimum absolute atomic E-state index is 0.290. The van der Waals surface area contributed by atoms with Crippen molar-refractivity contribution in [1.29, 1.82) is 0 Å². The van der Waals surface area contributed by atoms with Crippen molar-refractivity contribution >= 4 is 5.88 Å². The van der Waals surface area contributed by atoms with Gasteiger partial charge in [-0.2, -0.15) is 0 Å². The molecule has 0 aliphatic rings. The lowest BCUT2D eigenvalue weighted by molar-refractivity contribution is 0.255. The van der Waals surface area contributed by atoms with E-state index in [9.17, 15) is 0 Å². The number of anilines is 1. The van der Waals surface area contributed by atoms with E-state index in [0.717, 1.165) is 24.1 Å². The molecular formula is C12H22N2O. The van der Waals surface area contributed by atoms with Gasteiger partial charge in [0, 0.05) is 5.56 Å². The van der Waals surface area contributed by atoms with Crippen molar-refractivity contribution in [3.63, 3.8) is 0 Å². The molecule has 1 unspecified atom stereocenters. The fraction of sp³-hybridized carbons (Fsp3) is 0.750. The molecule has 1 aromatic heterocycles. The molecule has 0 aliphatic carbocycles. The fourth-order valence-corrected chi connectivity index (χ4v) is 1.49. The van der Waals surface area contributed by atoms with Gasteiger partial charge in [0.2, 0.25) is 5.88 Å². The Kier molecular flexibility index (Phi) is 3.42. The highest BCUT2D eigenvalue weighted by atomic mass is 16.5. The summed E-state index contributed by atoms with van der Waals surface area (Å²) in [7, 11) is 0. The molecule has 3 nitrogen and oxygen atoms in total. The van der Waals surface area contributed by atoms with E-state index >= 15 is 0 Å². The molecule has 0 amide bonds. The third-order valence-corrected chi connectivity index (χ3v) is 3.23. The molecule has 0 radical (unpaired) electrons. The first-order chi connectivity index (χ1) is 6.86. The zero-order valence-corrected chi connectivity index (χ0v) is 10.4. The van der Waals surface area contributed by atoms with E-state index in [-0.39, 0.29) is 0 Å². The molecule has 0 saturated heterocycles. The van der Waals surface area contributed by atoms with Gasteiger partial charge in [0.15, 0.2) is 0 Å². The van der Waals surface area contributed by atoms with Gasteiger partial charge in [-0.25, -0.2) is 0 Å². The Hall–Kier alpha value is -0.990. The molecule has 0 aliphatic heterocycles. The normalized spacial score (nSPS) is 14.2. The van der Waals surface area contributed by atoms with Crippen molar-refractivity contribution in [3.8, 4) is 0 Å². The summed E-state index contributed by atoms with van der Waals surface area (Å²) in [5, 5.41) is 4.04. The number of nitrogen functional groups attached to an aromatic ring is 1.